The third kappa shape index (κ3) is 6.03. The van der Waals surface area contributed by atoms with E-state index in [9.17, 15) is 4.79 Å². The van der Waals surface area contributed by atoms with Gasteiger partial charge < -0.3 is 18.6 Å². The standard InChI is InChI=1S/C24H31NO5/c1-5-27-24(26)17(3)14-28-20-10-7-11-21(13-20)29-15-22-18(4)30-23(25-22)19-9-6-8-16(2)12-19/h6,8-9,12,20-21H,3,5,7,10-11,13-15H2,1-2,4H3. The Morgan fingerprint density at radius 2 is 2.00 bits per heavy atom. The Labute approximate surface area is 178 Å². The van der Waals surface area contributed by atoms with E-state index in [4.69, 9.17) is 18.6 Å². The van der Waals surface area contributed by atoms with Gasteiger partial charge in [-0.25, -0.2) is 9.78 Å². The summed E-state index contributed by atoms with van der Waals surface area (Å²) in [5, 5.41) is 0. The Kier molecular flexibility index (Phi) is 7.82. The van der Waals surface area contributed by atoms with Crippen molar-refractivity contribution >= 4 is 5.97 Å². The molecule has 6 nitrogen and oxygen atoms in total. The Morgan fingerprint density at radius 1 is 1.23 bits per heavy atom. The van der Waals surface area contributed by atoms with Gasteiger partial charge in [0.1, 0.15) is 11.5 Å². The maximum absolute atomic E-state index is 11.7. The van der Waals surface area contributed by atoms with Crippen LogP contribution >= 0.6 is 0 Å². The molecule has 2 unspecified atom stereocenters. The number of nitrogens with zero attached hydrogens (tertiary/aromatic N) is 1. The zero-order valence-electron chi connectivity index (χ0n) is 18.1. The first-order chi connectivity index (χ1) is 14.5. The second kappa shape index (κ2) is 10.5. The van der Waals surface area contributed by atoms with Crippen LogP contribution in [0.25, 0.3) is 11.5 Å². The monoisotopic (exact) mass is 413 g/mol. The van der Waals surface area contributed by atoms with E-state index in [-0.39, 0.29) is 18.8 Å². The van der Waals surface area contributed by atoms with Crippen molar-refractivity contribution in [2.75, 3.05) is 13.2 Å². The van der Waals surface area contributed by atoms with Crippen molar-refractivity contribution < 1.29 is 23.4 Å². The van der Waals surface area contributed by atoms with E-state index in [0.29, 0.717) is 24.7 Å². The van der Waals surface area contributed by atoms with Crippen LogP contribution in [0.1, 0.15) is 49.6 Å². The Balaban J connectivity index is 1.50. The molecule has 1 aliphatic carbocycles. The van der Waals surface area contributed by atoms with Crippen molar-refractivity contribution in [3.63, 3.8) is 0 Å². The smallest absolute Gasteiger partial charge is 0.335 e. The Hall–Kier alpha value is -2.44. The number of benzene rings is 1. The average Bonchev–Trinajstić information content (AvgIpc) is 3.11. The topological polar surface area (TPSA) is 70.8 Å². The first-order valence-corrected chi connectivity index (χ1v) is 10.6. The third-order valence-electron chi connectivity index (χ3n) is 5.25. The summed E-state index contributed by atoms with van der Waals surface area (Å²) < 4.78 is 22.8. The van der Waals surface area contributed by atoms with Gasteiger partial charge in [0.25, 0.3) is 0 Å². The highest BCUT2D eigenvalue weighted by molar-refractivity contribution is 5.87. The van der Waals surface area contributed by atoms with Crippen molar-refractivity contribution in [3.8, 4) is 11.5 Å². The van der Waals surface area contributed by atoms with Crippen LogP contribution in [0.15, 0.2) is 40.8 Å². The minimum atomic E-state index is -0.396. The molecule has 0 radical (unpaired) electrons. The van der Waals surface area contributed by atoms with E-state index in [2.05, 4.69) is 17.6 Å². The van der Waals surface area contributed by atoms with Gasteiger partial charge in [0.2, 0.25) is 5.89 Å². The van der Waals surface area contributed by atoms with Crippen LogP contribution in [0.4, 0.5) is 0 Å². The summed E-state index contributed by atoms with van der Waals surface area (Å²) in [6.45, 7) is 10.4. The zero-order valence-corrected chi connectivity index (χ0v) is 18.1. The number of hydrogen-bond donors (Lipinski definition) is 0. The molecule has 2 aromatic rings. The summed E-state index contributed by atoms with van der Waals surface area (Å²) in [4.78, 5) is 16.3. The van der Waals surface area contributed by atoms with Gasteiger partial charge in [-0.3, -0.25) is 0 Å². The zero-order chi connectivity index (χ0) is 21.5. The molecule has 0 amide bonds. The summed E-state index contributed by atoms with van der Waals surface area (Å²) in [7, 11) is 0. The van der Waals surface area contributed by atoms with Crippen LogP contribution in [-0.4, -0.2) is 36.4 Å². The van der Waals surface area contributed by atoms with Crippen molar-refractivity contribution in [2.24, 2.45) is 0 Å². The lowest BCUT2D eigenvalue weighted by molar-refractivity contribution is -0.139. The molecular weight excluding hydrogens is 382 g/mol. The van der Waals surface area contributed by atoms with Crippen LogP contribution in [0.3, 0.4) is 0 Å². The molecule has 6 heteroatoms. The number of ether oxygens (including phenoxy) is 3. The van der Waals surface area contributed by atoms with E-state index < -0.39 is 5.97 Å². The molecule has 2 atom stereocenters. The van der Waals surface area contributed by atoms with Crippen LogP contribution in [0.2, 0.25) is 0 Å². The molecule has 0 aliphatic heterocycles. The highest BCUT2D eigenvalue weighted by Crippen LogP contribution is 2.27. The number of aromatic nitrogens is 1. The second-order valence-corrected chi connectivity index (χ2v) is 7.75. The molecule has 1 fully saturated rings. The predicted octanol–water partition coefficient (Wildman–Crippen LogP) is 4.92. The largest absolute Gasteiger partial charge is 0.463 e. The van der Waals surface area contributed by atoms with Crippen LogP contribution in [-0.2, 0) is 25.6 Å². The minimum Gasteiger partial charge on any atom is -0.463 e. The molecular formula is C24H31NO5. The first kappa shape index (κ1) is 22.2. The highest BCUT2D eigenvalue weighted by atomic mass is 16.5. The van der Waals surface area contributed by atoms with Crippen LogP contribution in [0, 0.1) is 13.8 Å². The van der Waals surface area contributed by atoms with Crippen LogP contribution in [0.5, 0.6) is 0 Å². The molecule has 1 aromatic carbocycles. The van der Waals surface area contributed by atoms with Gasteiger partial charge in [0.05, 0.1) is 37.6 Å². The molecule has 3 rings (SSSR count). The van der Waals surface area contributed by atoms with E-state index in [1.54, 1.807) is 6.92 Å². The molecule has 1 aromatic heterocycles. The molecule has 30 heavy (non-hydrogen) atoms. The summed E-state index contributed by atoms with van der Waals surface area (Å²) in [6.07, 6.45) is 3.90. The molecule has 0 bridgehead atoms. The predicted molar refractivity (Wildman–Crippen MR) is 114 cm³/mol. The van der Waals surface area contributed by atoms with Gasteiger partial charge in [-0.05, 0) is 58.6 Å². The molecule has 0 N–H and O–H groups in total. The number of oxazole rings is 1. The molecule has 162 valence electrons. The lowest BCUT2D eigenvalue weighted by atomic mass is 9.95. The number of aryl methyl sites for hydroxylation is 2. The van der Waals surface area contributed by atoms with Crippen molar-refractivity contribution in [3.05, 3.63) is 53.4 Å². The van der Waals surface area contributed by atoms with Crippen molar-refractivity contribution in [1.29, 1.82) is 0 Å². The highest BCUT2D eigenvalue weighted by Gasteiger charge is 2.25. The number of carbonyl (C=O) groups excluding carboxylic acids is 1. The molecule has 0 spiro atoms. The number of rotatable bonds is 9. The van der Waals surface area contributed by atoms with Gasteiger partial charge >= 0.3 is 5.97 Å². The fraction of sp³-hybridized carbons (Fsp3) is 0.500. The van der Waals surface area contributed by atoms with Crippen LogP contribution < -0.4 is 0 Å². The van der Waals surface area contributed by atoms with E-state index in [1.807, 2.05) is 32.0 Å². The van der Waals surface area contributed by atoms with Gasteiger partial charge in [0, 0.05) is 5.56 Å². The summed E-state index contributed by atoms with van der Waals surface area (Å²) in [5.41, 5.74) is 3.31. The molecule has 0 saturated heterocycles. The molecule has 1 heterocycles. The van der Waals surface area contributed by atoms with Gasteiger partial charge in [-0.2, -0.15) is 0 Å². The lowest BCUT2D eigenvalue weighted by Gasteiger charge is -2.29. The van der Waals surface area contributed by atoms with Gasteiger partial charge in [-0.1, -0.05) is 24.3 Å². The normalized spacial score (nSPS) is 18.9. The minimum absolute atomic E-state index is 0.0520. The third-order valence-corrected chi connectivity index (χ3v) is 5.25. The molecule has 1 saturated carbocycles. The average molecular weight is 414 g/mol. The second-order valence-electron chi connectivity index (χ2n) is 7.75. The van der Waals surface area contributed by atoms with Crippen molar-refractivity contribution in [1.82, 2.24) is 4.98 Å². The fourth-order valence-corrected chi connectivity index (χ4v) is 3.58. The van der Waals surface area contributed by atoms with Crippen molar-refractivity contribution in [2.45, 2.75) is 65.3 Å². The van der Waals surface area contributed by atoms with E-state index >= 15 is 0 Å². The summed E-state index contributed by atoms with van der Waals surface area (Å²) >= 11 is 0. The summed E-state index contributed by atoms with van der Waals surface area (Å²) in [6, 6.07) is 8.10. The molecule has 1 aliphatic rings. The van der Waals surface area contributed by atoms with Gasteiger partial charge in [0.15, 0.2) is 0 Å². The van der Waals surface area contributed by atoms with Gasteiger partial charge in [-0.15, -0.1) is 0 Å². The fourth-order valence-electron chi connectivity index (χ4n) is 3.58. The van der Waals surface area contributed by atoms with E-state index in [0.717, 1.165) is 42.7 Å². The first-order valence-electron chi connectivity index (χ1n) is 10.6. The van der Waals surface area contributed by atoms with E-state index in [1.165, 1.54) is 5.56 Å². The SMILES string of the molecule is C=C(COC1CCCC(OCc2nc(-c3cccc(C)c3)oc2C)C1)C(=O)OCC. The number of hydrogen-bond acceptors (Lipinski definition) is 6. The quantitative estimate of drug-likeness (QED) is 0.429. The Bertz CT molecular complexity index is 872. The Morgan fingerprint density at radius 3 is 2.73 bits per heavy atom. The lowest BCUT2D eigenvalue weighted by Crippen LogP contribution is -2.29. The summed E-state index contributed by atoms with van der Waals surface area (Å²) in [5.74, 6) is 1.00. The maximum Gasteiger partial charge on any atom is 0.335 e. The number of carbonyl (C=O) groups is 1. The maximum atomic E-state index is 11.7. The number of esters is 1.